The van der Waals surface area contributed by atoms with Gasteiger partial charge in [0, 0.05) is 17.3 Å². The van der Waals surface area contributed by atoms with E-state index in [1.54, 1.807) is 6.07 Å². The molecule has 18 heavy (non-hydrogen) atoms. The van der Waals surface area contributed by atoms with Crippen molar-refractivity contribution in [1.29, 1.82) is 0 Å². The molecule has 98 valence electrons. The van der Waals surface area contributed by atoms with Gasteiger partial charge in [0.2, 0.25) is 0 Å². The first-order valence-electron chi connectivity index (χ1n) is 5.53. The van der Waals surface area contributed by atoms with Crippen molar-refractivity contribution in [3.8, 4) is 0 Å². The molecule has 0 atom stereocenters. The van der Waals surface area contributed by atoms with Crippen LogP contribution in [0.15, 0.2) is 18.2 Å². The summed E-state index contributed by atoms with van der Waals surface area (Å²) in [4.78, 5) is 22.9. The highest BCUT2D eigenvalue weighted by Gasteiger charge is 2.13. The van der Waals surface area contributed by atoms with Gasteiger partial charge in [-0.25, -0.2) is 4.79 Å². The Bertz CT molecular complexity index is 449. The predicted molar refractivity (Wildman–Crippen MR) is 69.4 cm³/mol. The topological polar surface area (TPSA) is 81.4 Å². The van der Waals surface area contributed by atoms with Crippen molar-refractivity contribution < 1.29 is 14.3 Å². The minimum absolute atomic E-state index is 0.158. The molecule has 1 rings (SSSR count). The zero-order chi connectivity index (χ0) is 13.5. The van der Waals surface area contributed by atoms with Crippen LogP contribution in [-0.4, -0.2) is 25.0 Å². The molecule has 0 radical (unpaired) electrons. The minimum atomic E-state index is -0.665. The van der Waals surface area contributed by atoms with Crippen LogP contribution >= 0.6 is 11.6 Å². The van der Waals surface area contributed by atoms with Gasteiger partial charge in [-0.3, -0.25) is 4.79 Å². The van der Waals surface area contributed by atoms with Crippen LogP contribution in [0, 0.1) is 0 Å². The quantitative estimate of drug-likeness (QED) is 0.629. The van der Waals surface area contributed by atoms with E-state index in [9.17, 15) is 9.59 Å². The van der Waals surface area contributed by atoms with E-state index in [1.165, 1.54) is 12.1 Å². The molecule has 1 aromatic carbocycles. The van der Waals surface area contributed by atoms with Crippen molar-refractivity contribution in [1.82, 2.24) is 5.32 Å². The van der Waals surface area contributed by atoms with Crippen LogP contribution in [0.2, 0.25) is 5.02 Å². The fourth-order valence-electron chi connectivity index (χ4n) is 1.23. The number of ether oxygens (including phenoxy) is 1. The molecule has 0 aliphatic heterocycles. The summed E-state index contributed by atoms with van der Waals surface area (Å²) in [6, 6.07) is 4.49. The van der Waals surface area contributed by atoms with E-state index >= 15 is 0 Å². The number of rotatable bonds is 5. The minimum Gasteiger partial charge on any atom is -0.452 e. The zero-order valence-corrected chi connectivity index (χ0v) is 10.8. The van der Waals surface area contributed by atoms with Crippen molar-refractivity contribution in [2.45, 2.75) is 13.3 Å². The van der Waals surface area contributed by atoms with Gasteiger partial charge in [-0.2, -0.15) is 0 Å². The zero-order valence-electron chi connectivity index (χ0n) is 10.0. The Morgan fingerprint density at radius 1 is 1.44 bits per heavy atom. The van der Waals surface area contributed by atoms with Gasteiger partial charge in [0.15, 0.2) is 6.61 Å². The van der Waals surface area contributed by atoms with E-state index in [-0.39, 0.29) is 23.8 Å². The van der Waals surface area contributed by atoms with E-state index in [0.717, 1.165) is 6.42 Å². The van der Waals surface area contributed by atoms with Gasteiger partial charge in [-0.05, 0) is 24.6 Å². The lowest BCUT2D eigenvalue weighted by Gasteiger charge is -2.07. The molecule has 1 amide bonds. The van der Waals surface area contributed by atoms with Crippen LogP contribution in [0.3, 0.4) is 0 Å². The van der Waals surface area contributed by atoms with Crippen LogP contribution < -0.4 is 11.1 Å². The molecular weight excluding hydrogens is 256 g/mol. The van der Waals surface area contributed by atoms with Crippen molar-refractivity contribution >= 4 is 29.2 Å². The lowest BCUT2D eigenvalue weighted by Crippen LogP contribution is -2.29. The first-order valence-corrected chi connectivity index (χ1v) is 5.91. The summed E-state index contributed by atoms with van der Waals surface area (Å²) in [5, 5.41) is 2.97. The van der Waals surface area contributed by atoms with Crippen LogP contribution in [0.5, 0.6) is 0 Å². The first kappa shape index (κ1) is 14.3. The molecule has 5 nitrogen and oxygen atoms in total. The lowest BCUT2D eigenvalue weighted by molar-refractivity contribution is -0.124. The third-order valence-corrected chi connectivity index (χ3v) is 2.38. The molecule has 1 aromatic rings. The van der Waals surface area contributed by atoms with E-state index in [4.69, 9.17) is 22.1 Å². The Labute approximate surface area is 110 Å². The second-order valence-electron chi connectivity index (χ2n) is 3.66. The summed E-state index contributed by atoms with van der Waals surface area (Å²) >= 11 is 5.75. The number of hydrogen-bond donors (Lipinski definition) is 2. The lowest BCUT2D eigenvalue weighted by atomic mass is 10.2. The molecule has 0 saturated carbocycles. The molecule has 6 heteroatoms. The number of halogens is 1. The van der Waals surface area contributed by atoms with Gasteiger partial charge in [0.05, 0.1) is 5.56 Å². The molecule has 3 N–H and O–H groups in total. The average Bonchev–Trinajstić information content (AvgIpc) is 2.36. The van der Waals surface area contributed by atoms with Crippen LogP contribution in [0.1, 0.15) is 23.7 Å². The number of nitrogens with one attached hydrogen (secondary N) is 1. The highest BCUT2D eigenvalue weighted by atomic mass is 35.5. The molecule has 0 spiro atoms. The number of esters is 1. The molecule has 0 unspecified atom stereocenters. The van der Waals surface area contributed by atoms with Gasteiger partial charge in [0.25, 0.3) is 5.91 Å². The third kappa shape index (κ3) is 4.25. The van der Waals surface area contributed by atoms with E-state index in [0.29, 0.717) is 11.6 Å². The molecule has 0 fully saturated rings. The fourth-order valence-corrected chi connectivity index (χ4v) is 1.40. The maximum absolute atomic E-state index is 11.7. The maximum atomic E-state index is 11.7. The second kappa shape index (κ2) is 6.86. The summed E-state index contributed by atoms with van der Waals surface area (Å²) in [6.45, 7) is 2.15. The van der Waals surface area contributed by atoms with Crippen LogP contribution in [0.25, 0.3) is 0 Å². The number of nitrogens with two attached hydrogens (primary N) is 1. The number of benzene rings is 1. The SMILES string of the molecule is CCCNC(=O)COC(=O)c1cc(Cl)ccc1N. The van der Waals surface area contributed by atoms with Gasteiger partial charge in [-0.15, -0.1) is 0 Å². The highest BCUT2D eigenvalue weighted by molar-refractivity contribution is 6.31. The molecule has 0 bridgehead atoms. The number of hydrogen-bond acceptors (Lipinski definition) is 4. The number of carbonyl (C=O) groups is 2. The van der Waals surface area contributed by atoms with Crippen molar-refractivity contribution in [3.05, 3.63) is 28.8 Å². The van der Waals surface area contributed by atoms with E-state index in [1.807, 2.05) is 6.92 Å². The summed E-state index contributed by atoms with van der Waals surface area (Å²) in [5.41, 5.74) is 6.04. The van der Waals surface area contributed by atoms with Gasteiger partial charge < -0.3 is 15.8 Å². The van der Waals surface area contributed by atoms with E-state index in [2.05, 4.69) is 5.32 Å². The number of nitrogen functional groups attached to an aromatic ring is 1. The second-order valence-corrected chi connectivity index (χ2v) is 4.09. The molecule has 0 saturated heterocycles. The number of carbonyl (C=O) groups excluding carboxylic acids is 2. The molecule has 0 aliphatic carbocycles. The van der Waals surface area contributed by atoms with Crippen molar-refractivity contribution in [3.63, 3.8) is 0 Å². The van der Waals surface area contributed by atoms with Gasteiger partial charge in [-0.1, -0.05) is 18.5 Å². The maximum Gasteiger partial charge on any atom is 0.340 e. The van der Waals surface area contributed by atoms with Crippen LogP contribution in [0.4, 0.5) is 5.69 Å². The highest BCUT2D eigenvalue weighted by Crippen LogP contribution is 2.18. The monoisotopic (exact) mass is 270 g/mol. The summed E-state index contributed by atoms with van der Waals surface area (Å²) in [7, 11) is 0. The smallest absolute Gasteiger partial charge is 0.340 e. The molecular formula is C12H15ClN2O3. The molecule has 0 aliphatic rings. The Morgan fingerprint density at radius 2 is 2.17 bits per heavy atom. The van der Waals surface area contributed by atoms with Crippen LogP contribution in [-0.2, 0) is 9.53 Å². The summed E-state index contributed by atoms with van der Waals surface area (Å²) < 4.78 is 4.83. The number of anilines is 1. The van der Waals surface area contributed by atoms with Gasteiger partial charge >= 0.3 is 5.97 Å². The Hall–Kier alpha value is -1.75. The van der Waals surface area contributed by atoms with E-state index < -0.39 is 5.97 Å². The Kier molecular flexibility index (Phi) is 5.45. The standard InChI is InChI=1S/C12H15ClN2O3/c1-2-5-15-11(16)7-18-12(17)9-6-8(13)3-4-10(9)14/h3-4,6H,2,5,7,14H2,1H3,(H,15,16). The fraction of sp³-hybridized carbons (Fsp3) is 0.333. The Balaban J connectivity index is 2.55. The normalized spacial score (nSPS) is 9.89. The summed E-state index contributed by atoms with van der Waals surface area (Å²) in [6.07, 6.45) is 0.820. The predicted octanol–water partition coefficient (Wildman–Crippen LogP) is 1.61. The van der Waals surface area contributed by atoms with Crippen molar-refractivity contribution in [2.24, 2.45) is 0 Å². The number of amides is 1. The average molecular weight is 271 g/mol. The van der Waals surface area contributed by atoms with Crippen molar-refractivity contribution in [2.75, 3.05) is 18.9 Å². The molecule has 0 heterocycles. The first-order chi connectivity index (χ1) is 8.54. The Morgan fingerprint density at radius 3 is 2.83 bits per heavy atom. The summed E-state index contributed by atoms with van der Waals surface area (Å²) in [5.74, 6) is -1.01. The molecule has 0 aromatic heterocycles. The largest absolute Gasteiger partial charge is 0.452 e. The van der Waals surface area contributed by atoms with Gasteiger partial charge in [0.1, 0.15) is 0 Å². The third-order valence-electron chi connectivity index (χ3n) is 2.14.